The number of hydrogen-bond acceptors (Lipinski definition) is 4. The number of carboxylic acid groups (broad SMARTS) is 1. The molecular weight excluding hydrogens is 276 g/mol. The Labute approximate surface area is 121 Å². The summed E-state index contributed by atoms with van der Waals surface area (Å²) in [7, 11) is 1.46. The van der Waals surface area contributed by atoms with E-state index >= 15 is 0 Å². The molecule has 7 heteroatoms. The van der Waals surface area contributed by atoms with E-state index in [1.54, 1.807) is 0 Å². The Morgan fingerprint density at radius 2 is 2.19 bits per heavy atom. The topological polar surface area (TPSA) is 105 Å². The van der Waals surface area contributed by atoms with Crippen LogP contribution in [0.3, 0.4) is 0 Å². The van der Waals surface area contributed by atoms with Crippen molar-refractivity contribution in [1.82, 2.24) is 5.32 Å². The van der Waals surface area contributed by atoms with Crippen LogP contribution in [0.2, 0.25) is 0 Å². The fraction of sp³-hybridized carbons (Fsp3) is 0.357. The Balaban J connectivity index is 2.15. The van der Waals surface area contributed by atoms with E-state index in [-0.39, 0.29) is 35.5 Å². The molecule has 0 saturated carbocycles. The number of rotatable bonds is 4. The highest BCUT2D eigenvalue weighted by molar-refractivity contribution is 6.01. The summed E-state index contributed by atoms with van der Waals surface area (Å²) in [6.07, 6.45) is 0.742. The number of anilines is 1. The van der Waals surface area contributed by atoms with Gasteiger partial charge in [0.2, 0.25) is 11.8 Å². The van der Waals surface area contributed by atoms with E-state index in [9.17, 15) is 14.4 Å². The van der Waals surface area contributed by atoms with Crippen molar-refractivity contribution in [1.29, 1.82) is 0 Å². The summed E-state index contributed by atoms with van der Waals surface area (Å²) in [6.45, 7) is 0.261. The number of carboxylic acids is 1. The molecule has 2 rings (SSSR count). The maximum absolute atomic E-state index is 12.2. The Morgan fingerprint density at radius 3 is 2.76 bits per heavy atom. The van der Waals surface area contributed by atoms with E-state index in [1.165, 1.54) is 25.3 Å². The minimum atomic E-state index is -1.13. The average molecular weight is 292 g/mol. The zero-order valence-corrected chi connectivity index (χ0v) is 11.5. The van der Waals surface area contributed by atoms with E-state index in [4.69, 9.17) is 9.84 Å². The quantitative estimate of drug-likeness (QED) is 0.763. The van der Waals surface area contributed by atoms with Crippen LogP contribution in [0.25, 0.3) is 0 Å². The second-order valence-electron chi connectivity index (χ2n) is 4.75. The summed E-state index contributed by atoms with van der Waals surface area (Å²) in [4.78, 5) is 34.4. The van der Waals surface area contributed by atoms with Gasteiger partial charge >= 0.3 is 5.97 Å². The number of methoxy groups -OCH3 is 1. The van der Waals surface area contributed by atoms with Crippen molar-refractivity contribution in [2.24, 2.45) is 5.92 Å². The van der Waals surface area contributed by atoms with Gasteiger partial charge < -0.3 is 20.5 Å². The highest BCUT2D eigenvalue weighted by atomic mass is 16.5. The second-order valence-corrected chi connectivity index (χ2v) is 4.75. The molecular formula is C14H16N2O5. The normalized spacial score (nSPS) is 17.8. The average Bonchev–Trinajstić information content (AvgIpc) is 2.47. The third kappa shape index (κ3) is 3.50. The molecule has 1 atom stereocenters. The van der Waals surface area contributed by atoms with Crippen molar-refractivity contribution in [3.63, 3.8) is 0 Å². The van der Waals surface area contributed by atoms with Gasteiger partial charge in [-0.1, -0.05) is 0 Å². The number of nitrogens with one attached hydrogen (secondary N) is 2. The van der Waals surface area contributed by atoms with Crippen molar-refractivity contribution in [2.75, 3.05) is 19.0 Å². The van der Waals surface area contributed by atoms with Gasteiger partial charge in [-0.05, 0) is 18.6 Å². The molecule has 1 aromatic carbocycles. The Kier molecular flexibility index (Phi) is 4.42. The number of aromatic carboxylic acids is 1. The van der Waals surface area contributed by atoms with Crippen molar-refractivity contribution in [3.05, 3.63) is 23.8 Å². The van der Waals surface area contributed by atoms with Crippen LogP contribution >= 0.6 is 0 Å². The van der Waals surface area contributed by atoms with Crippen LogP contribution in [0.15, 0.2) is 18.2 Å². The van der Waals surface area contributed by atoms with Crippen molar-refractivity contribution >= 4 is 23.5 Å². The van der Waals surface area contributed by atoms with Gasteiger partial charge in [0.05, 0.1) is 24.3 Å². The van der Waals surface area contributed by atoms with Gasteiger partial charge in [0, 0.05) is 19.0 Å². The van der Waals surface area contributed by atoms with Crippen LogP contribution in [0.4, 0.5) is 5.69 Å². The second kappa shape index (κ2) is 6.25. The molecule has 0 radical (unpaired) electrons. The molecule has 1 heterocycles. The number of piperidine rings is 1. The maximum Gasteiger partial charge on any atom is 0.337 e. The van der Waals surface area contributed by atoms with Crippen molar-refractivity contribution in [2.45, 2.75) is 12.8 Å². The first-order chi connectivity index (χ1) is 10.0. The molecule has 112 valence electrons. The van der Waals surface area contributed by atoms with E-state index in [1.807, 2.05) is 0 Å². The monoisotopic (exact) mass is 292 g/mol. The minimum absolute atomic E-state index is 0.0102. The molecule has 0 aromatic heterocycles. The number of benzene rings is 1. The fourth-order valence-electron chi connectivity index (χ4n) is 2.13. The van der Waals surface area contributed by atoms with Gasteiger partial charge in [0.15, 0.2) is 0 Å². The summed E-state index contributed by atoms with van der Waals surface area (Å²) < 4.78 is 5.03. The zero-order valence-electron chi connectivity index (χ0n) is 11.5. The molecule has 0 spiro atoms. The molecule has 0 aliphatic carbocycles. The molecule has 1 aromatic rings. The molecule has 1 saturated heterocycles. The lowest BCUT2D eigenvalue weighted by atomic mass is 9.98. The number of ether oxygens (including phenoxy) is 1. The van der Waals surface area contributed by atoms with Gasteiger partial charge in [-0.3, -0.25) is 9.59 Å². The van der Waals surface area contributed by atoms with Crippen LogP contribution in [0.1, 0.15) is 23.2 Å². The van der Waals surface area contributed by atoms with Gasteiger partial charge in [-0.2, -0.15) is 0 Å². The molecule has 1 aliphatic rings. The first-order valence-electron chi connectivity index (χ1n) is 6.50. The van der Waals surface area contributed by atoms with Gasteiger partial charge in [0.25, 0.3) is 0 Å². The lowest BCUT2D eigenvalue weighted by Crippen LogP contribution is -2.40. The van der Waals surface area contributed by atoms with Crippen LogP contribution in [-0.4, -0.2) is 36.5 Å². The summed E-state index contributed by atoms with van der Waals surface area (Å²) in [5.74, 6) is -1.44. The van der Waals surface area contributed by atoms with Crippen molar-refractivity contribution < 1.29 is 24.2 Å². The van der Waals surface area contributed by atoms with E-state index in [2.05, 4.69) is 10.6 Å². The third-order valence-corrected chi connectivity index (χ3v) is 3.35. The van der Waals surface area contributed by atoms with Crippen LogP contribution < -0.4 is 15.4 Å². The standard InChI is InChI=1S/C14H16N2O5/c1-21-9-3-4-10(14(19)20)11(6-9)16-13(18)8-2-5-12(17)15-7-8/h3-4,6,8H,2,5,7H2,1H3,(H,15,17)(H,16,18)(H,19,20). The zero-order chi connectivity index (χ0) is 15.4. The Hall–Kier alpha value is -2.57. The highest BCUT2D eigenvalue weighted by Gasteiger charge is 2.25. The number of carbonyl (C=O) groups excluding carboxylic acids is 2. The molecule has 2 amide bonds. The molecule has 0 bridgehead atoms. The summed E-state index contributed by atoms with van der Waals surface area (Å²) >= 11 is 0. The summed E-state index contributed by atoms with van der Waals surface area (Å²) in [5, 5.41) is 14.4. The first-order valence-corrected chi connectivity index (χ1v) is 6.50. The predicted octanol–water partition coefficient (Wildman–Crippen LogP) is 0.858. The van der Waals surface area contributed by atoms with Crippen LogP contribution in [0.5, 0.6) is 5.75 Å². The molecule has 1 unspecified atom stereocenters. The van der Waals surface area contributed by atoms with Crippen molar-refractivity contribution in [3.8, 4) is 5.75 Å². The number of amides is 2. The molecule has 3 N–H and O–H groups in total. The summed E-state index contributed by atoms with van der Waals surface area (Å²) in [5.41, 5.74) is 0.174. The van der Waals surface area contributed by atoms with Gasteiger partial charge in [0.1, 0.15) is 5.75 Å². The Bertz CT molecular complexity index is 575. The Morgan fingerprint density at radius 1 is 1.43 bits per heavy atom. The lowest BCUT2D eigenvalue weighted by Gasteiger charge is -2.22. The predicted molar refractivity (Wildman–Crippen MR) is 74.3 cm³/mol. The molecule has 1 aliphatic heterocycles. The number of hydrogen-bond donors (Lipinski definition) is 3. The first kappa shape index (κ1) is 14.8. The van der Waals surface area contributed by atoms with E-state index in [0.717, 1.165) is 0 Å². The van der Waals surface area contributed by atoms with E-state index in [0.29, 0.717) is 18.6 Å². The van der Waals surface area contributed by atoms with Crippen LogP contribution in [0, 0.1) is 5.92 Å². The summed E-state index contributed by atoms with van der Waals surface area (Å²) in [6, 6.07) is 4.35. The maximum atomic E-state index is 12.2. The SMILES string of the molecule is COc1ccc(C(=O)O)c(NC(=O)C2CCC(=O)NC2)c1. The highest BCUT2D eigenvalue weighted by Crippen LogP contribution is 2.24. The molecule has 7 nitrogen and oxygen atoms in total. The van der Waals surface area contributed by atoms with Crippen LogP contribution in [-0.2, 0) is 9.59 Å². The lowest BCUT2D eigenvalue weighted by molar-refractivity contribution is -0.126. The van der Waals surface area contributed by atoms with Gasteiger partial charge in [-0.15, -0.1) is 0 Å². The third-order valence-electron chi connectivity index (χ3n) is 3.35. The largest absolute Gasteiger partial charge is 0.497 e. The van der Waals surface area contributed by atoms with E-state index < -0.39 is 5.97 Å². The fourth-order valence-corrected chi connectivity index (χ4v) is 2.13. The molecule has 1 fully saturated rings. The molecule has 21 heavy (non-hydrogen) atoms. The smallest absolute Gasteiger partial charge is 0.337 e. The number of carbonyl (C=O) groups is 3. The van der Waals surface area contributed by atoms with Gasteiger partial charge in [-0.25, -0.2) is 4.79 Å². The minimum Gasteiger partial charge on any atom is -0.497 e.